The van der Waals surface area contributed by atoms with Crippen LogP contribution in [0.1, 0.15) is 66.0 Å². The minimum absolute atomic E-state index is 0.409. The van der Waals surface area contributed by atoms with Crippen molar-refractivity contribution >= 4 is 0 Å². The molecule has 2 heterocycles. The molecule has 0 radical (unpaired) electrons. The molecule has 0 aliphatic carbocycles. The summed E-state index contributed by atoms with van der Waals surface area (Å²) >= 11 is 0. The van der Waals surface area contributed by atoms with Gasteiger partial charge in [0.2, 0.25) is 0 Å². The van der Waals surface area contributed by atoms with E-state index in [4.69, 9.17) is 5.73 Å². The van der Waals surface area contributed by atoms with E-state index in [2.05, 4.69) is 36.0 Å². The van der Waals surface area contributed by atoms with Crippen LogP contribution in [0.5, 0.6) is 0 Å². The summed E-state index contributed by atoms with van der Waals surface area (Å²) in [6, 6.07) is 0.717. The molecule has 1 aromatic rings. The van der Waals surface area contributed by atoms with E-state index >= 15 is 0 Å². The minimum Gasteiger partial charge on any atom is -0.320 e. The van der Waals surface area contributed by atoms with Gasteiger partial charge in [0, 0.05) is 12.6 Å². The molecule has 1 aromatic heterocycles. The van der Waals surface area contributed by atoms with Crippen molar-refractivity contribution in [3.05, 3.63) is 11.9 Å². The average Bonchev–Trinajstić information content (AvgIpc) is 2.94. The molecule has 1 saturated heterocycles. The van der Waals surface area contributed by atoms with Crippen LogP contribution in [0.4, 0.5) is 0 Å². The lowest BCUT2D eigenvalue weighted by Crippen LogP contribution is -2.40. The summed E-state index contributed by atoms with van der Waals surface area (Å²) in [5.74, 6) is 1.52. The van der Waals surface area contributed by atoms with E-state index in [9.17, 15) is 0 Å². The lowest BCUT2D eigenvalue weighted by Gasteiger charge is -2.36. The first kappa shape index (κ1) is 18.4. The van der Waals surface area contributed by atoms with E-state index in [-0.39, 0.29) is 0 Å². The standard InChI is InChI=1S/C18H35N5/c1-14(2)6-7-15(3)22-10-8-16(9-11-22)12-23-13-17(20-21-23)18(4,5)19/h13-16H,6-12,19H2,1-5H3/t15-/m0/s1. The van der Waals surface area contributed by atoms with Crippen molar-refractivity contribution in [3.8, 4) is 0 Å². The van der Waals surface area contributed by atoms with Crippen LogP contribution < -0.4 is 5.73 Å². The lowest BCUT2D eigenvalue weighted by atomic mass is 9.94. The number of hydrogen-bond acceptors (Lipinski definition) is 4. The summed E-state index contributed by atoms with van der Waals surface area (Å²) in [5, 5.41) is 8.47. The number of rotatable bonds is 7. The molecule has 1 aliphatic rings. The Bertz CT molecular complexity index is 466. The van der Waals surface area contributed by atoms with Gasteiger partial charge in [-0.25, -0.2) is 0 Å². The van der Waals surface area contributed by atoms with Crippen molar-refractivity contribution in [1.29, 1.82) is 0 Å². The van der Waals surface area contributed by atoms with E-state index < -0.39 is 5.54 Å². The second-order valence-corrected chi connectivity index (χ2v) is 8.35. The molecule has 5 heteroatoms. The lowest BCUT2D eigenvalue weighted by molar-refractivity contribution is 0.123. The Kier molecular flexibility index (Phi) is 6.20. The molecule has 1 fully saturated rings. The van der Waals surface area contributed by atoms with Crippen LogP contribution in [0.15, 0.2) is 6.20 Å². The third kappa shape index (κ3) is 5.57. The Morgan fingerprint density at radius 1 is 1.22 bits per heavy atom. The molecule has 0 amide bonds. The minimum atomic E-state index is -0.409. The van der Waals surface area contributed by atoms with E-state index in [1.54, 1.807) is 0 Å². The van der Waals surface area contributed by atoms with Gasteiger partial charge in [-0.2, -0.15) is 0 Å². The fourth-order valence-electron chi connectivity index (χ4n) is 3.28. The predicted octanol–water partition coefficient (Wildman–Crippen LogP) is 3.01. The summed E-state index contributed by atoms with van der Waals surface area (Å²) in [6.07, 6.45) is 7.18. The third-order valence-electron chi connectivity index (χ3n) is 5.08. The molecular weight excluding hydrogens is 286 g/mol. The van der Waals surface area contributed by atoms with Crippen molar-refractivity contribution in [2.24, 2.45) is 17.6 Å². The molecule has 0 unspecified atom stereocenters. The quantitative estimate of drug-likeness (QED) is 0.838. The van der Waals surface area contributed by atoms with Crippen molar-refractivity contribution in [2.45, 2.75) is 78.4 Å². The van der Waals surface area contributed by atoms with Gasteiger partial charge >= 0.3 is 0 Å². The molecule has 1 atom stereocenters. The van der Waals surface area contributed by atoms with Gasteiger partial charge in [-0.1, -0.05) is 19.1 Å². The van der Waals surface area contributed by atoms with Crippen molar-refractivity contribution in [1.82, 2.24) is 19.9 Å². The first-order valence-corrected chi connectivity index (χ1v) is 9.19. The highest BCUT2D eigenvalue weighted by Crippen LogP contribution is 2.23. The van der Waals surface area contributed by atoms with Gasteiger partial charge in [-0.15, -0.1) is 5.10 Å². The normalized spacial score (nSPS) is 19.4. The molecule has 1 aliphatic heterocycles. The van der Waals surface area contributed by atoms with E-state index in [0.717, 1.165) is 24.2 Å². The summed E-state index contributed by atoms with van der Waals surface area (Å²) in [5.41, 5.74) is 6.55. The molecule has 132 valence electrons. The fraction of sp³-hybridized carbons (Fsp3) is 0.889. The average molecular weight is 322 g/mol. The number of nitrogens with two attached hydrogens (primary N) is 1. The molecule has 0 saturated carbocycles. The van der Waals surface area contributed by atoms with Gasteiger partial charge in [0.05, 0.1) is 11.7 Å². The van der Waals surface area contributed by atoms with Gasteiger partial charge in [0.15, 0.2) is 0 Å². The van der Waals surface area contributed by atoms with E-state index in [0.29, 0.717) is 5.92 Å². The molecule has 5 nitrogen and oxygen atoms in total. The van der Waals surface area contributed by atoms with Gasteiger partial charge in [-0.05, 0) is 71.4 Å². The summed E-state index contributed by atoms with van der Waals surface area (Å²) in [6.45, 7) is 14.4. The topological polar surface area (TPSA) is 60.0 Å². The second-order valence-electron chi connectivity index (χ2n) is 8.35. The van der Waals surface area contributed by atoms with Crippen molar-refractivity contribution in [2.75, 3.05) is 13.1 Å². The summed E-state index contributed by atoms with van der Waals surface area (Å²) in [7, 11) is 0. The van der Waals surface area contributed by atoms with Crippen LogP contribution in [0, 0.1) is 11.8 Å². The molecule has 0 spiro atoms. The zero-order valence-corrected chi connectivity index (χ0v) is 15.6. The molecule has 23 heavy (non-hydrogen) atoms. The Hall–Kier alpha value is -0.940. The maximum Gasteiger partial charge on any atom is 0.102 e. The molecule has 0 aromatic carbocycles. The predicted molar refractivity (Wildman–Crippen MR) is 95.1 cm³/mol. The van der Waals surface area contributed by atoms with Crippen LogP contribution in [0.3, 0.4) is 0 Å². The number of piperidine rings is 1. The highest BCUT2D eigenvalue weighted by atomic mass is 15.4. The number of hydrogen-bond donors (Lipinski definition) is 1. The van der Waals surface area contributed by atoms with Gasteiger partial charge in [0.1, 0.15) is 5.69 Å². The molecule has 2 N–H and O–H groups in total. The zero-order chi connectivity index (χ0) is 17.0. The first-order valence-electron chi connectivity index (χ1n) is 9.19. The highest BCUT2D eigenvalue weighted by molar-refractivity contribution is 5.05. The molecular formula is C18H35N5. The van der Waals surface area contributed by atoms with Crippen LogP contribution >= 0.6 is 0 Å². The first-order chi connectivity index (χ1) is 10.8. The van der Waals surface area contributed by atoms with Crippen LogP contribution in [0.25, 0.3) is 0 Å². The highest BCUT2D eigenvalue weighted by Gasteiger charge is 2.24. The van der Waals surface area contributed by atoms with Gasteiger partial charge in [0.25, 0.3) is 0 Å². The van der Waals surface area contributed by atoms with Crippen LogP contribution in [-0.4, -0.2) is 39.0 Å². The second kappa shape index (κ2) is 7.75. The SMILES string of the molecule is CC(C)CC[C@H](C)N1CCC(Cn2cc(C(C)(C)N)nn2)CC1. The van der Waals surface area contributed by atoms with Crippen molar-refractivity contribution in [3.63, 3.8) is 0 Å². The number of aromatic nitrogens is 3. The van der Waals surface area contributed by atoms with Crippen LogP contribution in [0.2, 0.25) is 0 Å². The maximum absolute atomic E-state index is 6.08. The van der Waals surface area contributed by atoms with Gasteiger partial charge in [-0.3, -0.25) is 4.68 Å². The van der Waals surface area contributed by atoms with E-state index in [1.165, 1.54) is 38.8 Å². The summed E-state index contributed by atoms with van der Waals surface area (Å²) in [4.78, 5) is 2.66. The Morgan fingerprint density at radius 2 is 1.87 bits per heavy atom. The van der Waals surface area contributed by atoms with Crippen LogP contribution in [-0.2, 0) is 12.1 Å². The smallest absolute Gasteiger partial charge is 0.102 e. The molecule has 2 rings (SSSR count). The summed E-state index contributed by atoms with van der Waals surface area (Å²) < 4.78 is 1.98. The van der Waals surface area contributed by atoms with Crippen molar-refractivity contribution < 1.29 is 0 Å². The number of nitrogens with zero attached hydrogens (tertiary/aromatic N) is 4. The molecule has 0 bridgehead atoms. The zero-order valence-electron chi connectivity index (χ0n) is 15.6. The maximum atomic E-state index is 6.08. The largest absolute Gasteiger partial charge is 0.320 e. The van der Waals surface area contributed by atoms with Gasteiger partial charge < -0.3 is 10.6 Å². The van der Waals surface area contributed by atoms with E-state index in [1.807, 2.05) is 24.7 Å². The monoisotopic (exact) mass is 321 g/mol. The Balaban J connectivity index is 1.77. The third-order valence-corrected chi connectivity index (χ3v) is 5.08. The Morgan fingerprint density at radius 3 is 2.39 bits per heavy atom. The number of likely N-dealkylation sites (tertiary alicyclic amines) is 1. The Labute approximate surface area is 141 Å². The fourth-order valence-corrected chi connectivity index (χ4v) is 3.28.